The summed E-state index contributed by atoms with van der Waals surface area (Å²) >= 11 is 5.68. The second kappa shape index (κ2) is 8.98. The van der Waals surface area contributed by atoms with Crippen LogP contribution in [0.2, 0.25) is 0 Å². The Hall–Kier alpha value is -4.29. The standard InChI is InChI=1S/C31H24N4OS/c37-31(35-18-16-34(17-19-35)21-8-2-1-3-9-21)36-22-14-15-27-28(20-22)33-30-26-13-7-5-11-24(26)23-10-4-6-12-25(23)29(30)32-27/h1-15,20H,16-19H2. The Labute approximate surface area is 219 Å². The Bertz CT molecular complexity index is 1800. The molecule has 7 rings (SSSR count). The molecule has 1 aromatic heterocycles. The predicted molar refractivity (Wildman–Crippen MR) is 156 cm³/mol. The molecule has 0 atom stereocenters. The molecule has 5 aromatic carbocycles. The lowest BCUT2D eigenvalue weighted by atomic mass is 9.99. The Balaban J connectivity index is 1.19. The fourth-order valence-electron chi connectivity index (χ4n) is 5.27. The van der Waals surface area contributed by atoms with Gasteiger partial charge in [-0.15, -0.1) is 0 Å². The molecule has 6 aromatic rings. The molecule has 1 fully saturated rings. The summed E-state index contributed by atoms with van der Waals surface area (Å²) in [7, 11) is 0. The quantitative estimate of drug-likeness (QED) is 0.152. The molecular weight excluding hydrogens is 476 g/mol. The molecule has 0 radical (unpaired) electrons. The molecule has 1 aliphatic rings. The van der Waals surface area contributed by atoms with Crippen LogP contribution in [0.1, 0.15) is 0 Å². The summed E-state index contributed by atoms with van der Waals surface area (Å²) in [5.41, 5.74) is 4.69. The lowest BCUT2D eigenvalue weighted by Gasteiger charge is -2.36. The molecule has 37 heavy (non-hydrogen) atoms. The number of hydrogen-bond donors (Lipinski definition) is 0. The largest absolute Gasteiger partial charge is 0.432 e. The van der Waals surface area contributed by atoms with Crippen LogP contribution in [-0.4, -0.2) is 46.2 Å². The molecule has 5 nitrogen and oxygen atoms in total. The highest BCUT2D eigenvalue weighted by Gasteiger charge is 2.21. The van der Waals surface area contributed by atoms with Gasteiger partial charge in [0, 0.05) is 48.7 Å². The number of rotatable bonds is 2. The van der Waals surface area contributed by atoms with Crippen molar-refractivity contribution in [2.45, 2.75) is 0 Å². The van der Waals surface area contributed by atoms with Crippen molar-refractivity contribution in [3.63, 3.8) is 0 Å². The normalized spacial score (nSPS) is 14.1. The number of nitrogens with zero attached hydrogens (tertiary/aromatic N) is 4. The molecule has 0 amide bonds. The molecule has 0 N–H and O–H groups in total. The van der Waals surface area contributed by atoms with Gasteiger partial charge in [0.05, 0.1) is 22.1 Å². The van der Waals surface area contributed by atoms with Crippen LogP contribution in [0.5, 0.6) is 5.75 Å². The van der Waals surface area contributed by atoms with Crippen molar-refractivity contribution in [3.05, 3.63) is 97.1 Å². The topological polar surface area (TPSA) is 41.5 Å². The summed E-state index contributed by atoms with van der Waals surface area (Å²) in [6, 6.07) is 33.1. The number of piperazine rings is 1. The van der Waals surface area contributed by atoms with E-state index >= 15 is 0 Å². The number of hydrogen-bond acceptors (Lipinski definition) is 5. The highest BCUT2D eigenvalue weighted by Crippen LogP contribution is 2.34. The number of ether oxygens (including phenoxy) is 1. The summed E-state index contributed by atoms with van der Waals surface area (Å²) < 4.78 is 6.14. The van der Waals surface area contributed by atoms with E-state index in [1.165, 1.54) is 16.5 Å². The highest BCUT2D eigenvalue weighted by molar-refractivity contribution is 7.80. The molecule has 0 saturated carbocycles. The zero-order valence-corrected chi connectivity index (χ0v) is 21.0. The zero-order chi connectivity index (χ0) is 24.8. The van der Waals surface area contributed by atoms with Crippen LogP contribution in [0.15, 0.2) is 97.1 Å². The Morgan fingerprint density at radius 3 is 1.84 bits per heavy atom. The van der Waals surface area contributed by atoms with Gasteiger partial charge < -0.3 is 14.5 Å². The summed E-state index contributed by atoms with van der Waals surface area (Å²) in [5.74, 6) is 0.682. The summed E-state index contributed by atoms with van der Waals surface area (Å²) in [5, 5.41) is 5.09. The molecule has 0 aliphatic carbocycles. The van der Waals surface area contributed by atoms with E-state index in [0.29, 0.717) is 10.9 Å². The second-order valence-corrected chi connectivity index (χ2v) is 9.69. The van der Waals surface area contributed by atoms with E-state index in [4.69, 9.17) is 26.9 Å². The Morgan fingerprint density at radius 1 is 0.622 bits per heavy atom. The van der Waals surface area contributed by atoms with E-state index in [1.807, 2.05) is 24.3 Å². The van der Waals surface area contributed by atoms with Crippen LogP contribution in [0.4, 0.5) is 5.69 Å². The van der Waals surface area contributed by atoms with E-state index in [1.54, 1.807) is 0 Å². The third kappa shape index (κ3) is 3.90. The number of benzene rings is 5. The number of para-hydroxylation sites is 1. The van der Waals surface area contributed by atoms with Gasteiger partial charge in [0.1, 0.15) is 5.75 Å². The third-order valence-electron chi connectivity index (χ3n) is 7.15. The van der Waals surface area contributed by atoms with Crippen molar-refractivity contribution in [1.82, 2.24) is 14.9 Å². The molecule has 2 heterocycles. The Morgan fingerprint density at radius 2 is 1.19 bits per heavy atom. The molecule has 6 heteroatoms. The number of aromatic nitrogens is 2. The van der Waals surface area contributed by atoms with Gasteiger partial charge in [-0.2, -0.15) is 0 Å². The first-order chi connectivity index (χ1) is 18.2. The number of anilines is 1. The number of fused-ring (bicyclic) bond motifs is 7. The molecule has 1 aliphatic heterocycles. The van der Waals surface area contributed by atoms with Crippen LogP contribution in [0.3, 0.4) is 0 Å². The Kier molecular flexibility index (Phi) is 5.33. The lowest BCUT2D eigenvalue weighted by Crippen LogP contribution is -2.49. The molecule has 1 saturated heterocycles. The van der Waals surface area contributed by atoms with E-state index < -0.39 is 0 Å². The smallest absolute Gasteiger partial charge is 0.264 e. The first-order valence-electron chi connectivity index (χ1n) is 12.5. The van der Waals surface area contributed by atoms with Gasteiger partial charge in [-0.1, -0.05) is 66.7 Å². The van der Waals surface area contributed by atoms with E-state index in [-0.39, 0.29) is 0 Å². The van der Waals surface area contributed by atoms with Gasteiger partial charge in [0.25, 0.3) is 5.17 Å². The van der Waals surface area contributed by atoms with Crippen molar-refractivity contribution in [3.8, 4) is 5.75 Å². The highest BCUT2D eigenvalue weighted by atomic mass is 32.1. The van der Waals surface area contributed by atoms with Crippen molar-refractivity contribution in [2.24, 2.45) is 0 Å². The maximum Gasteiger partial charge on any atom is 0.264 e. The SMILES string of the molecule is S=C(Oc1ccc2nc3c4ccccc4c4ccccc4c3nc2c1)N1CCN(c2ccccc2)CC1. The van der Waals surface area contributed by atoms with Gasteiger partial charge in [-0.3, -0.25) is 0 Å². The van der Waals surface area contributed by atoms with E-state index in [0.717, 1.165) is 59.0 Å². The van der Waals surface area contributed by atoms with Crippen LogP contribution in [-0.2, 0) is 0 Å². The summed E-state index contributed by atoms with van der Waals surface area (Å²) in [6.45, 7) is 3.46. The molecular formula is C31H24N4OS. The van der Waals surface area contributed by atoms with Crippen molar-refractivity contribution < 1.29 is 4.74 Å². The molecule has 0 bridgehead atoms. The monoisotopic (exact) mass is 500 g/mol. The van der Waals surface area contributed by atoms with Crippen molar-refractivity contribution in [1.29, 1.82) is 0 Å². The maximum absolute atomic E-state index is 6.14. The third-order valence-corrected chi connectivity index (χ3v) is 7.50. The lowest BCUT2D eigenvalue weighted by molar-refractivity contribution is 0.332. The first-order valence-corrected chi connectivity index (χ1v) is 12.9. The van der Waals surface area contributed by atoms with Crippen LogP contribution < -0.4 is 9.64 Å². The fourth-order valence-corrected chi connectivity index (χ4v) is 5.55. The van der Waals surface area contributed by atoms with Gasteiger partial charge in [0.15, 0.2) is 0 Å². The minimum absolute atomic E-state index is 0.497. The maximum atomic E-state index is 6.14. The van der Waals surface area contributed by atoms with Gasteiger partial charge in [-0.25, -0.2) is 9.97 Å². The number of thiocarbonyl (C=S) groups is 1. The van der Waals surface area contributed by atoms with Crippen LogP contribution in [0.25, 0.3) is 43.6 Å². The van der Waals surface area contributed by atoms with E-state index in [2.05, 4.69) is 82.6 Å². The second-order valence-electron chi connectivity index (χ2n) is 9.34. The van der Waals surface area contributed by atoms with Crippen molar-refractivity contribution in [2.75, 3.05) is 31.1 Å². The van der Waals surface area contributed by atoms with E-state index in [9.17, 15) is 0 Å². The van der Waals surface area contributed by atoms with Gasteiger partial charge >= 0.3 is 0 Å². The average Bonchev–Trinajstić information content (AvgIpc) is 2.97. The summed E-state index contributed by atoms with van der Waals surface area (Å²) in [6.07, 6.45) is 0. The average molecular weight is 501 g/mol. The summed E-state index contributed by atoms with van der Waals surface area (Å²) in [4.78, 5) is 14.6. The van der Waals surface area contributed by atoms with Crippen LogP contribution >= 0.6 is 12.2 Å². The molecule has 0 unspecified atom stereocenters. The van der Waals surface area contributed by atoms with Crippen LogP contribution in [0, 0.1) is 0 Å². The fraction of sp³-hybridized carbons (Fsp3) is 0.129. The minimum Gasteiger partial charge on any atom is -0.432 e. The van der Waals surface area contributed by atoms with Crippen molar-refractivity contribution >= 4 is 66.7 Å². The van der Waals surface area contributed by atoms with Gasteiger partial charge in [0.2, 0.25) is 0 Å². The molecule has 180 valence electrons. The predicted octanol–water partition coefficient (Wildman–Crippen LogP) is 6.58. The zero-order valence-electron chi connectivity index (χ0n) is 20.2. The minimum atomic E-state index is 0.497. The first kappa shape index (κ1) is 21.9. The molecule has 0 spiro atoms. The van der Waals surface area contributed by atoms with Gasteiger partial charge in [-0.05, 0) is 47.3 Å².